The Hall–Kier alpha value is -3.33. The average Bonchev–Trinajstić information content (AvgIpc) is 2.76. The molecule has 0 bridgehead atoms. The van der Waals surface area contributed by atoms with Crippen molar-refractivity contribution in [2.45, 2.75) is 0 Å². The highest BCUT2D eigenvalue weighted by Crippen LogP contribution is 2.29. The lowest BCUT2D eigenvalue weighted by molar-refractivity contribution is -0.119. The number of benzene rings is 2. The van der Waals surface area contributed by atoms with Gasteiger partial charge in [-0.1, -0.05) is 11.6 Å². The number of nitrogens with zero attached hydrogens (tertiary/aromatic N) is 2. The molecule has 2 aromatic rings. The van der Waals surface area contributed by atoms with Crippen molar-refractivity contribution in [2.75, 3.05) is 39.9 Å². The fraction of sp³-hybridized carbons (Fsp3) is 0.286. The van der Waals surface area contributed by atoms with E-state index in [1.54, 1.807) is 15.9 Å². The fourth-order valence-electron chi connectivity index (χ4n) is 3.20. The van der Waals surface area contributed by atoms with Crippen LogP contribution in [0.1, 0.15) is 20.7 Å². The Kier molecular flexibility index (Phi) is 6.96. The highest BCUT2D eigenvalue weighted by molar-refractivity contribution is 6.33. The maximum atomic E-state index is 13.2. The normalized spacial score (nSPS) is 13.6. The summed E-state index contributed by atoms with van der Waals surface area (Å²) in [6, 6.07) is 8.25. The van der Waals surface area contributed by atoms with Crippen molar-refractivity contribution in [1.82, 2.24) is 9.80 Å². The molecule has 0 atom stereocenters. The number of hydrogen-bond acceptors (Lipinski definition) is 5. The number of methoxy groups -OCH3 is 1. The van der Waals surface area contributed by atoms with Crippen LogP contribution in [0.25, 0.3) is 0 Å². The van der Waals surface area contributed by atoms with E-state index in [1.165, 1.54) is 31.4 Å². The number of ether oxygens (including phenoxy) is 2. The van der Waals surface area contributed by atoms with E-state index in [1.807, 2.05) is 0 Å². The zero-order valence-corrected chi connectivity index (χ0v) is 17.5. The maximum Gasteiger partial charge on any atom is 0.255 e. The molecule has 0 aromatic heterocycles. The van der Waals surface area contributed by atoms with Crippen LogP contribution in [-0.2, 0) is 4.79 Å². The van der Waals surface area contributed by atoms with Crippen LogP contribution in [0.4, 0.5) is 4.39 Å². The van der Waals surface area contributed by atoms with Gasteiger partial charge in [0, 0.05) is 31.7 Å². The predicted molar refractivity (Wildman–Crippen MR) is 111 cm³/mol. The molecule has 0 aliphatic carbocycles. The molecular weight excluding hydrogens is 429 g/mol. The van der Waals surface area contributed by atoms with Crippen molar-refractivity contribution in [3.8, 4) is 11.5 Å². The lowest BCUT2D eigenvalue weighted by Gasteiger charge is -2.35. The third-order valence-electron chi connectivity index (χ3n) is 4.80. The SMILES string of the molecule is COc1cc(C(=O)N2CCN(C(=O)c3ccc(F)cc3Cl)CC2)ccc1OCC(N)=O. The Balaban J connectivity index is 1.64. The molecule has 1 fully saturated rings. The van der Waals surface area contributed by atoms with E-state index in [4.69, 9.17) is 26.8 Å². The molecule has 2 aromatic carbocycles. The third-order valence-corrected chi connectivity index (χ3v) is 5.11. The van der Waals surface area contributed by atoms with Gasteiger partial charge < -0.3 is 25.0 Å². The average molecular weight is 450 g/mol. The minimum absolute atomic E-state index is 0.0502. The summed E-state index contributed by atoms with van der Waals surface area (Å²) in [5, 5.41) is 0.0502. The van der Waals surface area contributed by atoms with Gasteiger partial charge in [-0.05, 0) is 36.4 Å². The largest absolute Gasteiger partial charge is 0.493 e. The first kappa shape index (κ1) is 22.4. The van der Waals surface area contributed by atoms with Gasteiger partial charge in [0.15, 0.2) is 18.1 Å². The van der Waals surface area contributed by atoms with Gasteiger partial charge >= 0.3 is 0 Å². The molecule has 2 N–H and O–H groups in total. The highest BCUT2D eigenvalue weighted by atomic mass is 35.5. The standard InChI is InChI=1S/C21H21ClFN3O5/c1-30-18-10-13(2-5-17(18)31-12-19(24)27)20(28)25-6-8-26(9-7-25)21(29)15-4-3-14(23)11-16(15)22/h2-5,10-11H,6-9,12H2,1H3,(H2,24,27). The van der Waals surface area contributed by atoms with E-state index in [0.717, 1.165) is 6.07 Å². The van der Waals surface area contributed by atoms with E-state index in [2.05, 4.69) is 0 Å². The number of halogens is 2. The van der Waals surface area contributed by atoms with Crippen LogP contribution in [0, 0.1) is 5.82 Å². The maximum absolute atomic E-state index is 13.2. The minimum Gasteiger partial charge on any atom is -0.493 e. The molecule has 164 valence electrons. The van der Waals surface area contributed by atoms with Gasteiger partial charge in [-0.3, -0.25) is 14.4 Å². The Morgan fingerprint density at radius 3 is 2.23 bits per heavy atom. The summed E-state index contributed by atoms with van der Waals surface area (Å²) in [5.74, 6) is -1.09. The number of hydrogen-bond donors (Lipinski definition) is 1. The zero-order chi connectivity index (χ0) is 22.5. The zero-order valence-electron chi connectivity index (χ0n) is 16.8. The van der Waals surface area contributed by atoms with Crippen molar-refractivity contribution in [2.24, 2.45) is 5.73 Å². The lowest BCUT2D eigenvalue weighted by Crippen LogP contribution is -2.50. The second kappa shape index (κ2) is 9.65. The second-order valence-corrected chi connectivity index (χ2v) is 7.24. The van der Waals surface area contributed by atoms with Crippen LogP contribution in [0.5, 0.6) is 11.5 Å². The molecule has 3 rings (SSSR count). The van der Waals surface area contributed by atoms with Crippen LogP contribution in [-0.4, -0.2) is 67.4 Å². The van der Waals surface area contributed by atoms with Crippen LogP contribution >= 0.6 is 11.6 Å². The van der Waals surface area contributed by atoms with Crippen molar-refractivity contribution in [3.05, 3.63) is 58.4 Å². The quantitative estimate of drug-likeness (QED) is 0.726. The number of primary amides is 1. The van der Waals surface area contributed by atoms with Crippen LogP contribution in [0.15, 0.2) is 36.4 Å². The Labute approximate surface area is 183 Å². The van der Waals surface area contributed by atoms with Gasteiger partial charge in [-0.15, -0.1) is 0 Å². The minimum atomic E-state index is -0.628. The molecule has 1 aliphatic rings. The van der Waals surface area contributed by atoms with Crippen LogP contribution in [0.2, 0.25) is 5.02 Å². The number of rotatable bonds is 6. The summed E-state index contributed by atoms with van der Waals surface area (Å²) in [7, 11) is 1.42. The van der Waals surface area contributed by atoms with Gasteiger partial charge in [0.25, 0.3) is 17.7 Å². The first-order valence-corrected chi connectivity index (χ1v) is 9.80. The number of carbonyl (C=O) groups excluding carboxylic acids is 3. The van der Waals surface area contributed by atoms with Crippen molar-refractivity contribution < 1.29 is 28.2 Å². The van der Waals surface area contributed by atoms with E-state index < -0.39 is 11.7 Å². The number of nitrogens with two attached hydrogens (primary N) is 1. The summed E-state index contributed by atoms with van der Waals surface area (Å²) in [5.41, 5.74) is 5.68. The molecule has 1 aliphatic heterocycles. The molecule has 0 saturated carbocycles. The van der Waals surface area contributed by atoms with Gasteiger partial charge in [-0.25, -0.2) is 4.39 Å². The Morgan fingerprint density at radius 1 is 1.00 bits per heavy atom. The van der Waals surface area contributed by atoms with Crippen LogP contribution in [0.3, 0.4) is 0 Å². The fourth-order valence-corrected chi connectivity index (χ4v) is 3.45. The van der Waals surface area contributed by atoms with Gasteiger partial charge in [0.2, 0.25) is 0 Å². The van der Waals surface area contributed by atoms with Gasteiger partial charge in [-0.2, -0.15) is 0 Å². The first-order chi connectivity index (χ1) is 14.8. The molecule has 10 heteroatoms. The summed E-state index contributed by atoms with van der Waals surface area (Å²) in [6.07, 6.45) is 0. The number of carbonyl (C=O) groups is 3. The summed E-state index contributed by atoms with van der Waals surface area (Å²) >= 11 is 5.98. The molecule has 1 saturated heterocycles. The highest BCUT2D eigenvalue weighted by Gasteiger charge is 2.27. The summed E-state index contributed by atoms with van der Waals surface area (Å²) < 4.78 is 23.7. The third kappa shape index (κ3) is 5.24. The van der Waals surface area contributed by atoms with E-state index in [0.29, 0.717) is 43.2 Å². The lowest BCUT2D eigenvalue weighted by atomic mass is 10.1. The molecule has 0 spiro atoms. The monoisotopic (exact) mass is 449 g/mol. The van der Waals surface area contributed by atoms with Gasteiger partial charge in [0.05, 0.1) is 17.7 Å². The molecule has 0 unspecified atom stereocenters. The predicted octanol–water partition coefficient (Wildman–Crippen LogP) is 1.95. The summed E-state index contributed by atoms with van der Waals surface area (Å²) in [6.45, 7) is 0.972. The molecule has 1 heterocycles. The van der Waals surface area contributed by atoms with Crippen molar-refractivity contribution in [3.63, 3.8) is 0 Å². The molecule has 31 heavy (non-hydrogen) atoms. The molecule has 3 amide bonds. The molecular formula is C21H21ClFN3O5. The second-order valence-electron chi connectivity index (χ2n) is 6.83. The smallest absolute Gasteiger partial charge is 0.255 e. The first-order valence-electron chi connectivity index (χ1n) is 9.43. The number of piperazine rings is 1. The van der Waals surface area contributed by atoms with Crippen molar-refractivity contribution >= 4 is 29.3 Å². The van der Waals surface area contributed by atoms with E-state index in [9.17, 15) is 18.8 Å². The molecule has 0 radical (unpaired) electrons. The Bertz CT molecular complexity index is 1010. The summed E-state index contributed by atoms with van der Waals surface area (Å²) in [4.78, 5) is 39.6. The van der Waals surface area contributed by atoms with Crippen LogP contribution < -0.4 is 15.2 Å². The number of amides is 3. The van der Waals surface area contributed by atoms with Gasteiger partial charge in [0.1, 0.15) is 5.82 Å². The van der Waals surface area contributed by atoms with E-state index in [-0.39, 0.29) is 29.0 Å². The Morgan fingerprint density at radius 2 is 1.65 bits per heavy atom. The molecule has 8 nitrogen and oxygen atoms in total. The topological polar surface area (TPSA) is 102 Å². The van der Waals surface area contributed by atoms with Crippen molar-refractivity contribution in [1.29, 1.82) is 0 Å². The van der Waals surface area contributed by atoms with E-state index >= 15 is 0 Å².